The van der Waals surface area contributed by atoms with Gasteiger partial charge in [0.25, 0.3) is 0 Å². The van der Waals surface area contributed by atoms with E-state index in [-0.39, 0.29) is 25.9 Å². The van der Waals surface area contributed by atoms with E-state index in [9.17, 15) is 28.9 Å². The van der Waals surface area contributed by atoms with Gasteiger partial charge in [0.1, 0.15) is 12.7 Å². The SMILES string of the molecule is CC/C=C\C/C=C\C/C=C\C/C=C\CCCCCCC(=O)OCC(COP(=O)(O)OCC(CO)OC(=O)CCCCCCC/C=C\CCCC)OC(=O)CCCCCCCCCCCCCCCCCCC. The lowest BCUT2D eigenvalue weighted by atomic mass is 10.0. The van der Waals surface area contributed by atoms with Gasteiger partial charge in [-0.05, 0) is 77.0 Å². The van der Waals surface area contributed by atoms with Crippen LogP contribution in [0.2, 0.25) is 0 Å². The Hall–Kier alpha value is -2.82. The van der Waals surface area contributed by atoms with Crippen LogP contribution in [-0.4, -0.2) is 66.5 Å². The fourth-order valence-corrected chi connectivity index (χ4v) is 8.76. The molecule has 0 fully saturated rings. The molecule has 0 aromatic rings. The van der Waals surface area contributed by atoms with Crippen LogP contribution in [0.4, 0.5) is 0 Å². The van der Waals surface area contributed by atoms with Gasteiger partial charge in [0.15, 0.2) is 6.10 Å². The minimum absolute atomic E-state index is 0.164. The van der Waals surface area contributed by atoms with Crippen molar-refractivity contribution in [1.82, 2.24) is 0 Å². The molecule has 0 aliphatic rings. The average Bonchev–Trinajstić information content (AvgIpc) is 3.37. The van der Waals surface area contributed by atoms with Gasteiger partial charge in [-0.15, -0.1) is 0 Å². The van der Waals surface area contributed by atoms with E-state index in [1.807, 2.05) is 0 Å². The number of aliphatic hydroxyl groups is 1. The predicted octanol–water partition coefficient (Wildman–Crippen LogP) is 17.1. The Morgan fingerprint density at radius 1 is 0.403 bits per heavy atom. The lowest BCUT2D eigenvalue weighted by Crippen LogP contribution is -2.30. The maximum atomic E-state index is 12.9. The highest BCUT2D eigenvalue weighted by molar-refractivity contribution is 7.47. The van der Waals surface area contributed by atoms with Gasteiger partial charge in [-0.25, -0.2) is 4.57 Å². The molecular formula is C60H107O11P. The second-order valence-electron chi connectivity index (χ2n) is 19.4. The number of phosphoric acid groups is 1. The molecule has 418 valence electrons. The summed E-state index contributed by atoms with van der Waals surface area (Å²) in [7, 11) is -4.75. The number of phosphoric ester groups is 1. The predicted molar refractivity (Wildman–Crippen MR) is 298 cm³/mol. The molecule has 0 amide bonds. The summed E-state index contributed by atoms with van der Waals surface area (Å²) in [5, 5.41) is 9.79. The van der Waals surface area contributed by atoms with E-state index in [2.05, 4.69) is 81.5 Å². The van der Waals surface area contributed by atoms with Crippen molar-refractivity contribution in [2.45, 2.75) is 277 Å². The Labute approximate surface area is 440 Å². The highest BCUT2D eigenvalue weighted by Crippen LogP contribution is 2.43. The van der Waals surface area contributed by atoms with Crippen LogP contribution in [0.3, 0.4) is 0 Å². The summed E-state index contributed by atoms with van der Waals surface area (Å²) in [6.07, 6.45) is 59.0. The Morgan fingerprint density at radius 3 is 1.17 bits per heavy atom. The molecule has 0 aliphatic heterocycles. The number of carbonyl (C=O) groups excluding carboxylic acids is 3. The second kappa shape index (κ2) is 54.4. The number of rotatable bonds is 54. The number of hydrogen-bond acceptors (Lipinski definition) is 10. The molecule has 0 saturated heterocycles. The third kappa shape index (κ3) is 52.1. The molecule has 0 spiro atoms. The first-order valence-corrected chi connectivity index (χ1v) is 30.7. The summed E-state index contributed by atoms with van der Waals surface area (Å²) in [5.41, 5.74) is 0. The molecule has 0 saturated carbocycles. The lowest BCUT2D eigenvalue weighted by molar-refractivity contribution is -0.161. The molecule has 0 heterocycles. The zero-order chi connectivity index (χ0) is 52.7. The summed E-state index contributed by atoms with van der Waals surface area (Å²) in [4.78, 5) is 48.5. The molecule has 2 N–H and O–H groups in total. The van der Waals surface area contributed by atoms with Gasteiger partial charge in [0.2, 0.25) is 0 Å². The molecular weight excluding hydrogens is 928 g/mol. The van der Waals surface area contributed by atoms with Gasteiger partial charge < -0.3 is 24.2 Å². The third-order valence-electron chi connectivity index (χ3n) is 12.4. The van der Waals surface area contributed by atoms with Crippen LogP contribution in [0, 0.1) is 0 Å². The zero-order valence-electron chi connectivity index (χ0n) is 46.1. The van der Waals surface area contributed by atoms with E-state index >= 15 is 0 Å². The van der Waals surface area contributed by atoms with Gasteiger partial charge in [-0.2, -0.15) is 0 Å². The monoisotopic (exact) mass is 1030 g/mol. The second-order valence-corrected chi connectivity index (χ2v) is 20.9. The van der Waals surface area contributed by atoms with Crippen LogP contribution in [-0.2, 0) is 42.2 Å². The molecule has 0 bridgehead atoms. The summed E-state index contributed by atoms with van der Waals surface area (Å²) in [5.74, 6) is -1.49. The van der Waals surface area contributed by atoms with E-state index in [1.165, 1.54) is 96.3 Å². The van der Waals surface area contributed by atoms with Crippen molar-refractivity contribution in [2.75, 3.05) is 26.4 Å². The quantitative estimate of drug-likeness (QED) is 0.0197. The van der Waals surface area contributed by atoms with E-state index in [1.54, 1.807) is 0 Å². The van der Waals surface area contributed by atoms with Crippen LogP contribution in [0.1, 0.15) is 265 Å². The Kier molecular flexibility index (Phi) is 52.3. The number of ether oxygens (including phenoxy) is 3. The molecule has 3 atom stereocenters. The highest BCUT2D eigenvalue weighted by Gasteiger charge is 2.28. The summed E-state index contributed by atoms with van der Waals surface area (Å²) in [6, 6.07) is 0. The van der Waals surface area contributed by atoms with Crippen LogP contribution in [0.25, 0.3) is 0 Å². The van der Waals surface area contributed by atoms with Gasteiger partial charge in [-0.3, -0.25) is 23.4 Å². The standard InChI is InChI=1S/C60H107O11P/c1-4-7-10-13-16-19-22-24-26-28-30-32-35-37-40-43-46-49-58(62)67-53-57(71-60(64)51-48-45-42-39-36-33-31-29-27-25-23-20-17-14-11-8-5-2)55-69-72(65,66)68-54-56(52-61)70-59(63)50-47-44-41-38-34-21-18-15-12-9-6-3/h7,10,15-16,18-19,24,26,30,32,56-57,61H,4-6,8-9,11-14,17,20-23,25,27-29,31,33-55H2,1-3H3,(H,65,66)/b10-7-,18-15-,19-16-,26-24-,32-30-. The number of hydrogen-bond donors (Lipinski definition) is 2. The molecule has 0 radical (unpaired) electrons. The minimum atomic E-state index is -4.75. The third-order valence-corrected chi connectivity index (χ3v) is 13.4. The van der Waals surface area contributed by atoms with Crippen LogP contribution in [0.5, 0.6) is 0 Å². The van der Waals surface area contributed by atoms with Gasteiger partial charge in [0.05, 0.1) is 19.8 Å². The van der Waals surface area contributed by atoms with Crippen molar-refractivity contribution in [3.8, 4) is 0 Å². The largest absolute Gasteiger partial charge is 0.472 e. The number of unbranched alkanes of at least 4 members (excludes halogenated alkanes) is 27. The van der Waals surface area contributed by atoms with Crippen molar-refractivity contribution >= 4 is 25.7 Å². The Morgan fingerprint density at radius 2 is 0.736 bits per heavy atom. The first-order valence-electron chi connectivity index (χ1n) is 29.2. The fraction of sp³-hybridized carbons (Fsp3) is 0.783. The summed E-state index contributed by atoms with van der Waals surface area (Å²) >= 11 is 0. The van der Waals surface area contributed by atoms with E-state index < -0.39 is 57.8 Å². The van der Waals surface area contributed by atoms with Crippen molar-refractivity contribution < 1.29 is 52.2 Å². The molecule has 11 nitrogen and oxygen atoms in total. The Bertz CT molecular complexity index is 1440. The Balaban J connectivity index is 4.75. The van der Waals surface area contributed by atoms with Gasteiger partial charge in [0, 0.05) is 19.3 Å². The van der Waals surface area contributed by atoms with Crippen LogP contribution >= 0.6 is 7.82 Å². The topological polar surface area (TPSA) is 155 Å². The lowest BCUT2D eigenvalue weighted by Gasteiger charge is -2.21. The first-order chi connectivity index (χ1) is 35.2. The van der Waals surface area contributed by atoms with E-state index in [0.29, 0.717) is 19.3 Å². The number of aliphatic hydroxyl groups excluding tert-OH is 1. The maximum Gasteiger partial charge on any atom is 0.472 e. The zero-order valence-corrected chi connectivity index (χ0v) is 47.0. The molecule has 0 aromatic carbocycles. The van der Waals surface area contributed by atoms with Crippen LogP contribution in [0.15, 0.2) is 60.8 Å². The fourth-order valence-electron chi connectivity index (χ4n) is 7.98. The molecule has 0 rings (SSSR count). The number of carbonyl (C=O) groups is 3. The van der Waals surface area contributed by atoms with Crippen molar-refractivity contribution in [3.63, 3.8) is 0 Å². The smallest absolute Gasteiger partial charge is 0.462 e. The molecule has 3 unspecified atom stereocenters. The molecule has 72 heavy (non-hydrogen) atoms. The van der Waals surface area contributed by atoms with Crippen molar-refractivity contribution in [3.05, 3.63) is 60.8 Å². The summed E-state index contributed by atoms with van der Waals surface area (Å²) in [6.45, 7) is 4.48. The van der Waals surface area contributed by atoms with Crippen LogP contribution < -0.4 is 0 Å². The first kappa shape index (κ1) is 69.2. The van der Waals surface area contributed by atoms with Gasteiger partial charge in [-0.1, -0.05) is 229 Å². The van der Waals surface area contributed by atoms with E-state index in [4.69, 9.17) is 23.3 Å². The van der Waals surface area contributed by atoms with Crippen molar-refractivity contribution in [1.29, 1.82) is 0 Å². The number of allylic oxidation sites excluding steroid dienone is 10. The normalized spacial score (nSPS) is 13.8. The number of esters is 3. The molecule has 0 aliphatic carbocycles. The van der Waals surface area contributed by atoms with E-state index in [0.717, 1.165) is 109 Å². The summed E-state index contributed by atoms with van der Waals surface area (Å²) < 4.78 is 39.5. The molecule has 12 heteroatoms. The molecule has 0 aromatic heterocycles. The highest BCUT2D eigenvalue weighted by atomic mass is 31.2. The maximum absolute atomic E-state index is 12.9. The van der Waals surface area contributed by atoms with Gasteiger partial charge >= 0.3 is 25.7 Å². The minimum Gasteiger partial charge on any atom is -0.462 e. The average molecular weight is 1040 g/mol. The van der Waals surface area contributed by atoms with Crippen molar-refractivity contribution in [2.24, 2.45) is 0 Å².